The highest BCUT2D eigenvalue weighted by Gasteiger charge is 2.40. The van der Waals surface area contributed by atoms with Gasteiger partial charge in [0.25, 0.3) is 0 Å². The molecule has 0 aromatic heterocycles. The van der Waals surface area contributed by atoms with Crippen LogP contribution in [0.4, 0.5) is 13.2 Å². The highest BCUT2D eigenvalue weighted by atomic mass is 28.4. The molecule has 0 aliphatic heterocycles. The minimum Gasteiger partial charge on any atom is -0.414 e. The molecule has 1 N–H and O–H groups in total. The number of halogens is 3. The minimum atomic E-state index is -4.43. The molecule has 132 valence electrons. The molecule has 0 saturated carbocycles. The smallest absolute Gasteiger partial charge is 0.414 e. The average molecular weight is 348 g/mol. The van der Waals surface area contributed by atoms with E-state index in [1.54, 1.807) is 6.92 Å². The lowest BCUT2D eigenvalue weighted by Crippen LogP contribution is -2.44. The van der Waals surface area contributed by atoms with Crippen LogP contribution in [0.15, 0.2) is 18.2 Å². The van der Waals surface area contributed by atoms with Gasteiger partial charge in [-0.05, 0) is 55.2 Å². The van der Waals surface area contributed by atoms with E-state index >= 15 is 0 Å². The first-order valence-electron chi connectivity index (χ1n) is 7.62. The fraction of sp³-hybridized carbons (Fsp3) is 0.647. The van der Waals surface area contributed by atoms with Gasteiger partial charge in [0.1, 0.15) is 5.60 Å². The van der Waals surface area contributed by atoms with Crippen molar-refractivity contribution in [3.05, 3.63) is 34.9 Å². The van der Waals surface area contributed by atoms with Crippen molar-refractivity contribution in [1.82, 2.24) is 0 Å². The maximum absolute atomic E-state index is 12.9. The van der Waals surface area contributed by atoms with Gasteiger partial charge in [-0.15, -0.1) is 0 Å². The standard InChI is InChI=1S/C17H27F3O2Si/c1-12-8-9-13(17(18,19)20)10-14(12)16(5,21)11-22-23(6,7)15(2,3)4/h8-10,21H,11H2,1-7H3. The van der Waals surface area contributed by atoms with Crippen molar-refractivity contribution < 1.29 is 22.7 Å². The second-order valence-electron chi connectivity index (χ2n) is 7.85. The molecule has 0 amide bonds. The van der Waals surface area contributed by atoms with Gasteiger partial charge in [-0.25, -0.2) is 0 Å². The summed E-state index contributed by atoms with van der Waals surface area (Å²) < 4.78 is 44.7. The number of aryl methyl sites for hydroxylation is 1. The molecule has 0 aliphatic rings. The highest BCUT2D eigenvalue weighted by Crippen LogP contribution is 2.39. The van der Waals surface area contributed by atoms with Crippen molar-refractivity contribution in [3.8, 4) is 0 Å². The Morgan fingerprint density at radius 3 is 2.04 bits per heavy atom. The van der Waals surface area contributed by atoms with Crippen molar-refractivity contribution in [2.45, 2.75) is 64.5 Å². The topological polar surface area (TPSA) is 29.5 Å². The molecule has 0 radical (unpaired) electrons. The predicted molar refractivity (Wildman–Crippen MR) is 88.9 cm³/mol. The van der Waals surface area contributed by atoms with Crippen LogP contribution in [-0.2, 0) is 16.2 Å². The highest BCUT2D eigenvalue weighted by molar-refractivity contribution is 6.74. The summed E-state index contributed by atoms with van der Waals surface area (Å²) in [5, 5.41) is 10.7. The lowest BCUT2D eigenvalue weighted by Gasteiger charge is -2.39. The third kappa shape index (κ3) is 4.81. The summed E-state index contributed by atoms with van der Waals surface area (Å²) >= 11 is 0. The maximum atomic E-state index is 12.9. The van der Waals surface area contributed by atoms with E-state index < -0.39 is 25.7 Å². The van der Waals surface area contributed by atoms with Gasteiger partial charge in [0.2, 0.25) is 0 Å². The Morgan fingerprint density at radius 1 is 1.09 bits per heavy atom. The molecule has 0 spiro atoms. The van der Waals surface area contributed by atoms with Crippen LogP contribution >= 0.6 is 0 Å². The Labute approximate surface area is 137 Å². The lowest BCUT2D eigenvalue weighted by atomic mass is 9.91. The molecule has 0 aliphatic carbocycles. The van der Waals surface area contributed by atoms with Crippen LogP contribution in [0.3, 0.4) is 0 Å². The van der Waals surface area contributed by atoms with Crippen molar-refractivity contribution >= 4 is 8.32 Å². The fourth-order valence-corrected chi connectivity index (χ4v) is 3.07. The van der Waals surface area contributed by atoms with Crippen LogP contribution in [-0.4, -0.2) is 20.0 Å². The summed E-state index contributed by atoms with van der Waals surface area (Å²) in [6.45, 7) is 13.5. The van der Waals surface area contributed by atoms with E-state index in [2.05, 4.69) is 20.8 Å². The van der Waals surface area contributed by atoms with Gasteiger partial charge in [0, 0.05) is 0 Å². The zero-order valence-corrected chi connectivity index (χ0v) is 15.9. The predicted octanol–water partition coefficient (Wildman–Crippen LogP) is 5.24. The second kappa shape index (κ2) is 6.22. The minimum absolute atomic E-state index is 0.0222. The van der Waals surface area contributed by atoms with Gasteiger partial charge in [0.05, 0.1) is 12.2 Å². The quantitative estimate of drug-likeness (QED) is 0.754. The van der Waals surface area contributed by atoms with E-state index in [-0.39, 0.29) is 17.2 Å². The summed E-state index contributed by atoms with van der Waals surface area (Å²) in [7, 11) is -2.10. The van der Waals surface area contributed by atoms with Crippen LogP contribution in [0.25, 0.3) is 0 Å². The number of benzene rings is 1. The molecule has 23 heavy (non-hydrogen) atoms. The van der Waals surface area contributed by atoms with Crippen LogP contribution in [0, 0.1) is 6.92 Å². The number of rotatable bonds is 4. The van der Waals surface area contributed by atoms with Gasteiger partial charge < -0.3 is 9.53 Å². The van der Waals surface area contributed by atoms with E-state index in [1.165, 1.54) is 13.0 Å². The van der Waals surface area contributed by atoms with E-state index in [1.807, 2.05) is 13.1 Å². The van der Waals surface area contributed by atoms with Gasteiger partial charge in [-0.1, -0.05) is 26.8 Å². The number of aliphatic hydroxyl groups is 1. The molecule has 1 aromatic rings. The number of alkyl halides is 3. The Morgan fingerprint density at radius 2 is 1.61 bits per heavy atom. The van der Waals surface area contributed by atoms with Gasteiger partial charge in [-0.3, -0.25) is 0 Å². The summed E-state index contributed by atoms with van der Waals surface area (Å²) in [5.74, 6) is 0. The maximum Gasteiger partial charge on any atom is 0.416 e. The second-order valence-corrected chi connectivity index (χ2v) is 12.7. The zero-order chi connectivity index (χ0) is 18.3. The molecule has 1 rings (SSSR count). The lowest BCUT2D eigenvalue weighted by molar-refractivity contribution is -0.137. The first-order chi connectivity index (χ1) is 10.1. The molecule has 1 aromatic carbocycles. The average Bonchev–Trinajstić information content (AvgIpc) is 2.34. The first kappa shape index (κ1) is 20.2. The summed E-state index contributed by atoms with van der Waals surface area (Å²) in [6.07, 6.45) is -4.43. The molecule has 0 heterocycles. The van der Waals surface area contributed by atoms with Gasteiger partial charge >= 0.3 is 6.18 Å². The van der Waals surface area contributed by atoms with Crippen molar-refractivity contribution in [1.29, 1.82) is 0 Å². The summed E-state index contributed by atoms with van der Waals surface area (Å²) in [4.78, 5) is 0. The number of hydrogen-bond donors (Lipinski definition) is 1. The van der Waals surface area contributed by atoms with Crippen molar-refractivity contribution in [2.24, 2.45) is 0 Å². The molecule has 1 unspecified atom stereocenters. The Kier molecular flexibility index (Phi) is 5.46. The summed E-state index contributed by atoms with van der Waals surface area (Å²) in [5.41, 5.74) is -1.36. The molecule has 0 bridgehead atoms. The third-order valence-corrected chi connectivity index (χ3v) is 9.14. The van der Waals surface area contributed by atoms with E-state index in [9.17, 15) is 18.3 Å². The van der Waals surface area contributed by atoms with Crippen molar-refractivity contribution in [3.63, 3.8) is 0 Å². The van der Waals surface area contributed by atoms with Gasteiger partial charge in [-0.2, -0.15) is 13.2 Å². The molecule has 1 atom stereocenters. The third-order valence-electron chi connectivity index (χ3n) is 4.67. The van der Waals surface area contributed by atoms with E-state index in [0.29, 0.717) is 5.56 Å². The van der Waals surface area contributed by atoms with Crippen LogP contribution in [0.1, 0.15) is 44.4 Å². The molecular formula is C17H27F3O2Si. The first-order valence-corrected chi connectivity index (χ1v) is 10.5. The summed E-state index contributed by atoms with van der Waals surface area (Å²) in [6, 6.07) is 3.44. The van der Waals surface area contributed by atoms with Crippen LogP contribution in [0.2, 0.25) is 18.1 Å². The molecule has 6 heteroatoms. The van der Waals surface area contributed by atoms with Crippen LogP contribution < -0.4 is 0 Å². The monoisotopic (exact) mass is 348 g/mol. The largest absolute Gasteiger partial charge is 0.416 e. The Hall–Kier alpha value is -0.853. The van der Waals surface area contributed by atoms with E-state index in [0.717, 1.165) is 12.1 Å². The molecule has 0 fully saturated rings. The van der Waals surface area contributed by atoms with E-state index in [4.69, 9.17) is 4.43 Å². The normalized spacial score (nSPS) is 16.3. The molecule has 0 saturated heterocycles. The molecule has 2 nitrogen and oxygen atoms in total. The zero-order valence-electron chi connectivity index (χ0n) is 14.9. The number of hydrogen-bond acceptors (Lipinski definition) is 2. The fourth-order valence-electron chi connectivity index (χ4n) is 1.99. The van der Waals surface area contributed by atoms with Gasteiger partial charge in [0.15, 0.2) is 8.32 Å². The molecular weight excluding hydrogens is 321 g/mol. The van der Waals surface area contributed by atoms with Crippen LogP contribution in [0.5, 0.6) is 0 Å². The SMILES string of the molecule is Cc1ccc(C(F)(F)F)cc1C(C)(O)CO[Si](C)(C)C(C)(C)C. The van der Waals surface area contributed by atoms with Crippen molar-refractivity contribution in [2.75, 3.05) is 6.61 Å². The Balaban J connectivity index is 3.09. The Bertz CT molecular complexity index is 558.